The van der Waals surface area contributed by atoms with E-state index in [9.17, 15) is 0 Å². The van der Waals surface area contributed by atoms with Crippen molar-refractivity contribution in [3.63, 3.8) is 0 Å². The lowest BCUT2D eigenvalue weighted by Crippen LogP contribution is -2.26. The molecule has 3 rings (SSSR count). The third-order valence-electron chi connectivity index (χ3n) is 3.39. The summed E-state index contributed by atoms with van der Waals surface area (Å²) in [5.41, 5.74) is 2.41. The van der Waals surface area contributed by atoms with E-state index < -0.39 is 0 Å². The Morgan fingerprint density at radius 2 is 1.06 bits per heavy atom. The van der Waals surface area contributed by atoms with Crippen LogP contribution in [-0.4, -0.2) is 0 Å². The number of hydrogen-bond acceptors (Lipinski definition) is 1. The first-order valence-corrected chi connectivity index (χ1v) is 6.14. The standard InChI is InChI=1S/C17H15N/c1-3-7-15(8-4-1)17(11-13-18-14-12-17)16-9-5-2-6-10-16/h1-14,18H. The van der Waals surface area contributed by atoms with Gasteiger partial charge in [-0.05, 0) is 35.7 Å². The van der Waals surface area contributed by atoms with Gasteiger partial charge >= 0.3 is 0 Å². The van der Waals surface area contributed by atoms with Crippen LogP contribution >= 0.6 is 0 Å². The van der Waals surface area contributed by atoms with Gasteiger partial charge in [-0.15, -0.1) is 0 Å². The Hall–Kier alpha value is -2.28. The van der Waals surface area contributed by atoms with Crippen molar-refractivity contribution >= 4 is 0 Å². The Kier molecular flexibility index (Phi) is 2.73. The van der Waals surface area contributed by atoms with Crippen LogP contribution in [0.3, 0.4) is 0 Å². The van der Waals surface area contributed by atoms with E-state index in [1.54, 1.807) is 0 Å². The highest BCUT2D eigenvalue weighted by Crippen LogP contribution is 2.36. The molecule has 1 aliphatic rings. The Labute approximate surface area is 107 Å². The third kappa shape index (κ3) is 1.74. The van der Waals surface area contributed by atoms with E-state index in [2.05, 4.69) is 78.1 Å². The highest BCUT2D eigenvalue weighted by Gasteiger charge is 2.29. The van der Waals surface area contributed by atoms with Gasteiger partial charge < -0.3 is 5.32 Å². The minimum absolute atomic E-state index is 0.159. The van der Waals surface area contributed by atoms with Gasteiger partial charge in [0.05, 0.1) is 5.41 Å². The van der Waals surface area contributed by atoms with E-state index in [-0.39, 0.29) is 5.41 Å². The van der Waals surface area contributed by atoms with Crippen LogP contribution in [0.5, 0.6) is 0 Å². The maximum absolute atomic E-state index is 3.12. The minimum atomic E-state index is -0.159. The normalized spacial score (nSPS) is 16.2. The van der Waals surface area contributed by atoms with E-state index in [1.165, 1.54) is 11.1 Å². The molecular formula is C17H15N. The average Bonchev–Trinajstić information content (AvgIpc) is 2.50. The van der Waals surface area contributed by atoms with Gasteiger partial charge in [0.1, 0.15) is 0 Å². The van der Waals surface area contributed by atoms with Gasteiger partial charge in [0, 0.05) is 0 Å². The Morgan fingerprint density at radius 3 is 1.50 bits per heavy atom. The van der Waals surface area contributed by atoms with E-state index in [0.717, 1.165) is 0 Å². The molecule has 2 aromatic rings. The van der Waals surface area contributed by atoms with Crippen LogP contribution < -0.4 is 5.32 Å². The average molecular weight is 233 g/mol. The first-order valence-electron chi connectivity index (χ1n) is 6.14. The van der Waals surface area contributed by atoms with Gasteiger partial charge in [0.15, 0.2) is 0 Å². The van der Waals surface area contributed by atoms with Crippen molar-refractivity contribution in [2.24, 2.45) is 0 Å². The molecule has 0 spiro atoms. The predicted molar refractivity (Wildman–Crippen MR) is 75.1 cm³/mol. The van der Waals surface area contributed by atoms with Crippen molar-refractivity contribution in [3.8, 4) is 0 Å². The molecule has 1 N–H and O–H groups in total. The summed E-state index contributed by atoms with van der Waals surface area (Å²) in [5, 5.41) is 3.12. The van der Waals surface area contributed by atoms with Crippen LogP contribution in [0.4, 0.5) is 0 Å². The summed E-state index contributed by atoms with van der Waals surface area (Å²) < 4.78 is 0. The molecule has 0 aromatic heterocycles. The molecule has 88 valence electrons. The second kappa shape index (κ2) is 4.53. The van der Waals surface area contributed by atoms with Gasteiger partial charge in [-0.2, -0.15) is 0 Å². The number of nitrogens with one attached hydrogen (secondary N) is 1. The molecule has 0 bridgehead atoms. The quantitative estimate of drug-likeness (QED) is 0.835. The predicted octanol–water partition coefficient (Wildman–Crippen LogP) is 3.60. The molecule has 0 amide bonds. The van der Waals surface area contributed by atoms with E-state index in [1.807, 2.05) is 12.4 Å². The zero-order chi connectivity index (χ0) is 12.3. The molecule has 18 heavy (non-hydrogen) atoms. The summed E-state index contributed by atoms with van der Waals surface area (Å²) in [6.07, 6.45) is 8.41. The molecule has 0 unspecified atom stereocenters. The largest absolute Gasteiger partial charge is 0.368 e. The van der Waals surface area contributed by atoms with Crippen molar-refractivity contribution in [2.45, 2.75) is 5.41 Å². The van der Waals surface area contributed by atoms with Crippen molar-refractivity contribution in [3.05, 3.63) is 96.3 Å². The SMILES string of the molecule is C1=CC(c2ccccc2)(c2ccccc2)C=CN1. The number of benzene rings is 2. The summed E-state index contributed by atoms with van der Waals surface area (Å²) in [5.74, 6) is 0. The van der Waals surface area contributed by atoms with Gasteiger partial charge in [-0.25, -0.2) is 0 Å². The van der Waals surface area contributed by atoms with Crippen molar-refractivity contribution < 1.29 is 0 Å². The van der Waals surface area contributed by atoms with Crippen LogP contribution in [0.15, 0.2) is 85.2 Å². The fourth-order valence-electron chi connectivity index (χ4n) is 2.45. The van der Waals surface area contributed by atoms with Crippen molar-refractivity contribution in [1.82, 2.24) is 5.32 Å². The molecule has 0 atom stereocenters. The number of hydrogen-bond donors (Lipinski definition) is 1. The second-order valence-electron chi connectivity index (χ2n) is 4.43. The van der Waals surface area contributed by atoms with Crippen LogP contribution in [0.25, 0.3) is 0 Å². The van der Waals surface area contributed by atoms with Crippen LogP contribution in [0, 0.1) is 0 Å². The van der Waals surface area contributed by atoms with Crippen LogP contribution in [0.2, 0.25) is 0 Å². The molecule has 0 saturated heterocycles. The molecule has 1 heterocycles. The maximum Gasteiger partial charge on any atom is 0.0596 e. The molecule has 0 fully saturated rings. The molecule has 0 aliphatic carbocycles. The van der Waals surface area contributed by atoms with Crippen LogP contribution in [0.1, 0.15) is 11.1 Å². The van der Waals surface area contributed by atoms with Gasteiger partial charge in [-0.1, -0.05) is 60.7 Å². The fourth-order valence-corrected chi connectivity index (χ4v) is 2.45. The summed E-state index contributed by atoms with van der Waals surface area (Å²) in [4.78, 5) is 0. The van der Waals surface area contributed by atoms with Crippen molar-refractivity contribution in [2.75, 3.05) is 0 Å². The summed E-state index contributed by atoms with van der Waals surface area (Å²) in [6.45, 7) is 0. The first kappa shape index (κ1) is 10.8. The van der Waals surface area contributed by atoms with E-state index in [0.29, 0.717) is 0 Å². The summed E-state index contributed by atoms with van der Waals surface area (Å²) in [7, 11) is 0. The monoisotopic (exact) mass is 233 g/mol. The number of allylic oxidation sites excluding steroid dienone is 2. The zero-order valence-electron chi connectivity index (χ0n) is 10.1. The lowest BCUT2D eigenvalue weighted by Gasteiger charge is -2.30. The lowest BCUT2D eigenvalue weighted by molar-refractivity contribution is 0.785. The molecule has 1 nitrogen and oxygen atoms in total. The maximum atomic E-state index is 3.12. The summed E-state index contributed by atoms with van der Waals surface area (Å²) in [6, 6.07) is 21.1. The minimum Gasteiger partial charge on any atom is -0.368 e. The van der Waals surface area contributed by atoms with Gasteiger partial charge in [0.25, 0.3) is 0 Å². The zero-order valence-corrected chi connectivity index (χ0v) is 10.1. The molecule has 1 heteroatoms. The molecule has 0 radical (unpaired) electrons. The highest BCUT2D eigenvalue weighted by molar-refractivity contribution is 5.50. The van der Waals surface area contributed by atoms with Crippen molar-refractivity contribution in [1.29, 1.82) is 0 Å². The van der Waals surface area contributed by atoms with E-state index >= 15 is 0 Å². The van der Waals surface area contributed by atoms with Gasteiger partial charge in [0.2, 0.25) is 0 Å². The Morgan fingerprint density at radius 1 is 0.611 bits per heavy atom. The topological polar surface area (TPSA) is 12.0 Å². The molecule has 1 aliphatic heterocycles. The highest BCUT2D eigenvalue weighted by atomic mass is 14.8. The van der Waals surface area contributed by atoms with Crippen LogP contribution in [-0.2, 0) is 5.41 Å². The Bertz CT molecular complexity index is 514. The Balaban J connectivity index is 2.20. The lowest BCUT2D eigenvalue weighted by atomic mass is 9.74. The molecular weight excluding hydrogens is 218 g/mol. The third-order valence-corrected chi connectivity index (χ3v) is 3.39. The summed E-state index contributed by atoms with van der Waals surface area (Å²) >= 11 is 0. The first-order chi connectivity index (χ1) is 8.92. The number of rotatable bonds is 2. The van der Waals surface area contributed by atoms with E-state index in [4.69, 9.17) is 0 Å². The smallest absolute Gasteiger partial charge is 0.0596 e. The number of dihydropyridines is 1. The molecule has 2 aromatic carbocycles. The second-order valence-corrected chi connectivity index (χ2v) is 4.43. The fraction of sp³-hybridized carbons (Fsp3) is 0.0588. The van der Waals surface area contributed by atoms with Gasteiger partial charge in [-0.3, -0.25) is 0 Å². The molecule has 0 saturated carbocycles.